The number of benzene rings is 1. The zero-order valence-corrected chi connectivity index (χ0v) is 14.9. The maximum Gasteiger partial charge on any atom is 0.267 e. The topological polar surface area (TPSA) is 85.1 Å². The number of hydrogen-bond donors (Lipinski definition) is 2. The van der Waals surface area contributed by atoms with Crippen LogP contribution in [-0.2, 0) is 24.1 Å². The smallest absolute Gasteiger partial charge is 0.267 e. The summed E-state index contributed by atoms with van der Waals surface area (Å²) >= 11 is 2.81. The van der Waals surface area contributed by atoms with Gasteiger partial charge in [0.05, 0.1) is 17.0 Å². The van der Waals surface area contributed by atoms with Crippen LogP contribution in [-0.4, -0.2) is 16.8 Å². The number of nitrogens with zero attached hydrogens (tertiary/aromatic N) is 1. The minimum absolute atomic E-state index is 0.0798. The number of aryl methyl sites for hydroxylation is 2. The summed E-state index contributed by atoms with van der Waals surface area (Å²) in [6, 6.07) is 10.3. The fourth-order valence-electron chi connectivity index (χ4n) is 2.97. The summed E-state index contributed by atoms with van der Waals surface area (Å²) in [5.41, 5.74) is 9.52. The summed E-state index contributed by atoms with van der Waals surface area (Å²) in [4.78, 5) is 29.6. The fourth-order valence-corrected chi connectivity index (χ4v) is 4.84. The molecule has 0 fully saturated rings. The van der Waals surface area contributed by atoms with Crippen LogP contribution >= 0.6 is 22.7 Å². The maximum atomic E-state index is 12.5. The van der Waals surface area contributed by atoms with Gasteiger partial charge in [-0.05, 0) is 35.6 Å². The normalized spacial score (nSPS) is 12.3. The van der Waals surface area contributed by atoms with Crippen molar-refractivity contribution in [3.05, 3.63) is 57.4 Å². The van der Waals surface area contributed by atoms with Crippen molar-refractivity contribution in [2.24, 2.45) is 5.73 Å². The molecule has 1 aliphatic rings. The number of nitrogens with one attached hydrogen (secondary N) is 1. The first-order valence-electron chi connectivity index (χ1n) is 7.85. The van der Waals surface area contributed by atoms with Gasteiger partial charge in [0.1, 0.15) is 0 Å². The van der Waals surface area contributed by atoms with Crippen molar-refractivity contribution < 1.29 is 9.59 Å². The summed E-state index contributed by atoms with van der Waals surface area (Å²) in [7, 11) is 0. The number of carbonyl (C=O) groups is 2. The highest BCUT2D eigenvalue weighted by molar-refractivity contribution is 7.18. The van der Waals surface area contributed by atoms with E-state index < -0.39 is 5.91 Å². The molecule has 5 nitrogen and oxygen atoms in total. The van der Waals surface area contributed by atoms with Crippen LogP contribution in [0.2, 0.25) is 0 Å². The predicted octanol–water partition coefficient (Wildman–Crippen LogP) is 3.25. The lowest BCUT2D eigenvalue weighted by Gasteiger charge is -2.15. The van der Waals surface area contributed by atoms with E-state index in [0.717, 1.165) is 12.8 Å². The molecule has 1 aromatic carbocycles. The van der Waals surface area contributed by atoms with Crippen LogP contribution in [0.15, 0.2) is 35.7 Å². The predicted molar refractivity (Wildman–Crippen MR) is 100 cm³/mol. The number of anilines is 1. The first kappa shape index (κ1) is 16.0. The number of nitrogens with two attached hydrogens (primary N) is 1. The molecule has 0 saturated carbocycles. The van der Waals surface area contributed by atoms with Gasteiger partial charge in [0.25, 0.3) is 5.91 Å². The van der Waals surface area contributed by atoms with E-state index in [9.17, 15) is 9.59 Å². The molecule has 0 saturated heterocycles. The zero-order valence-electron chi connectivity index (χ0n) is 13.2. The Morgan fingerprint density at radius 2 is 2.00 bits per heavy atom. The number of aromatic nitrogens is 1. The molecule has 1 aliphatic carbocycles. The van der Waals surface area contributed by atoms with Crippen molar-refractivity contribution in [1.29, 1.82) is 0 Å². The molecule has 7 heteroatoms. The van der Waals surface area contributed by atoms with Crippen molar-refractivity contribution >= 4 is 39.6 Å². The molecule has 0 aliphatic heterocycles. The van der Waals surface area contributed by atoms with Gasteiger partial charge >= 0.3 is 0 Å². The van der Waals surface area contributed by atoms with Gasteiger partial charge in [0, 0.05) is 10.3 Å². The van der Waals surface area contributed by atoms with Gasteiger partial charge in [-0.3, -0.25) is 14.9 Å². The lowest BCUT2D eigenvalue weighted by molar-refractivity contribution is -0.117. The van der Waals surface area contributed by atoms with Gasteiger partial charge < -0.3 is 5.73 Å². The van der Waals surface area contributed by atoms with E-state index >= 15 is 0 Å². The maximum absolute atomic E-state index is 12.5. The molecule has 0 radical (unpaired) electrons. The standard InChI is InChI=1S/C18H15N3O2S2/c19-15(22)8-12-9-24-18(20-12)21-17(23)14-7-11-6-5-10-3-1-2-4-13(10)16(11)25-14/h1-4,7,9H,5-6,8H2,(H2,19,22)(H,20,21,23). The van der Waals surface area contributed by atoms with E-state index in [1.165, 1.54) is 44.2 Å². The molecular weight excluding hydrogens is 354 g/mol. The molecule has 3 N–H and O–H groups in total. The van der Waals surface area contributed by atoms with Gasteiger partial charge in [-0.1, -0.05) is 24.3 Å². The molecule has 3 aromatic rings. The second kappa shape index (κ2) is 6.42. The van der Waals surface area contributed by atoms with Crippen molar-refractivity contribution in [2.75, 3.05) is 5.32 Å². The molecular formula is C18H15N3O2S2. The number of amides is 2. The van der Waals surface area contributed by atoms with Gasteiger partial charge in [0.2, 0.25) is 5.91 Å². The minimum Gasteiger partial charge on any atom is -0.369 e. The average molecular weight is 369 g/mol. The Hall–Kier alpha value is -2.51. The number of fused-ring (bicyclic) bond motifs is 3. The minimum atomic E-state index is -0.437. The van der Waals surface area contributed by atoms with Crippen molar-refractivity contribution in [3.63, 3.8) is 0 Å². The summed E-state index contributed by atoms with van der Waals surface area (Å²) in [6.45, 7) is 0. The highest BCUT2D eigenvalue weighted by Crippen LogP contribution is 2.39. The van der Waals surface area contributed by atoms with Crippen molar-refractivity contribution in [1.82, 2.24) is 4.98 Å². The van der Waals surface area contributed by atoms with E-state index in [1.54, 1.807) is 5.38 Å². The average Bonchev–Trinajstić information content (AvgIpc) is 3.21. The molecule has 0 unspecified atom stereocenters. The number of rotatable bonds is 4. The summed E-state index contributed by atoms with van der Waals surface area (Å²) in [5, 5.41) is 5.02. The van der Waals surface area contributed by atoms with Gasteiger partial charge in [0.15, 0.2) is 5.13 Å². The molecule has 2 heterocycles. The molecule has 4 rings (SSSR count). The van der Waals surface area contributed by atoms with E-state index in [4.69, 9.17) is 5.73 Å². The SMILES string of the molecule is NC(=O)Cc1csc(NC(=O)c2cc3c(s2)-c2ccccc2CC3)n1. The lowest BCUT2D eigenvalue weighted by atomic mass is 9.91. The van der Waals surface area contributed by atoms with Crippen LogP contribution < -0.4 is 11.1 Å². The van der Waals surface area contributed by atoms with Gasteiger partial charge in [-0.2, -0.15) is 0 Å². The first-order valence-corrected chi connectivity index (χ1v) is 9.55. The van der Waals surface area contributed by atoms with Crippen molar-refractivity contribution in [3.8, 4) is 10.4 Å². The molecule has 2 aromatic heterocycles. The van der Waals surface area contributed by atoms with Gasteiger partial charge in [-0.25, -0.2) is 4.98 Å². The molecule has 0 bridgehead atoms. The Morgan fingerprint density at radius 3 is 2.84 bits per heavy atom. The second-order valence-electron chi connectivity index (χ2n) is 5.86. The first-order chi connectivity index (χ1) is 12.1. The van der Waals surface area contributed by atoms with E-state index in [0.29, 0.717) is 15.7 Å². The Morgan fingerprint density at radius 1 is 1.20 bits per heavy atom. The summed E-state index contributed by atoms with van der Waals surface area (Å²) in [6.07, 6.45) is 2.04. The van der Waals surface area contributed by atoms with Crippen LogP contribution in [0.4, 0.5) is 5.13 Å². The Balaban J connectivity index is 1.55. The lowest BCUT2D eigenvalue weighted by Crippen LogP contribution is -2.14. The molecule has 0 atom stereocenters. The second-order valence-corrected chi connectivity index (χ2v) is 7.77. The van der Waals surface area contributed by atoms with Crippen molar-refractivity contribution in [2.45, 2.75) is 19.3 Å². The Labute approximate surface area is 152 Å². The third-order valence-corrected chi connectivity index (χ3v) is 6.10. The van der Waals surface area contributed by atoms with Crippen LogP contribution in [0.3, 0.4) is 0 Å². The van der Waals surface area contributed by atoms with Crippen LogP contribution in [0.25, 0.3) is 10.4 Å². The number of hydrogen-bond acceptors (Lipinski definition) is 5. The number of thiazole rings is 1. The van der Waals surface area contributed by atoms with Gasteiger partial charge in [-0.15, -0.1) is 22.7 Å². The number of thiophene rings is 1. The van der Waals surface area contributed by atoms with Crippen LogP contribution in [0, 0.1) is 0 Å². The van der Waals surface area contributed by atoms with E-state index in [1.807, 2.05) is 12.1 Å². The third-order valence-electron chi connectivity index (χ3n) is 4.09. The number of primary amides is 1. The Bertz CT molecular complexity index is 974. The summed E-state index contributed by atoms with van der Waals surface area (Å²) < 4.78 is 0. The van der Waals surface area contributed by atoms with Crippen LogP contribution in [0.1, 0.15) is 26.5 Å². The fraction of sp³-hybridized carbons (Fsp3) is 0.167. The third kappa shape index (κ3) is 3.20. The Kier molecular flexibility index (Phi) is 4.10. The van der Waals surface area contributed by atoms with E-state index in [2.05, 4.69) is 28.5 Å². The molecule has 0 spiro atoms. The van der Waals surface area contributed by atoms with E-state index in [-0.39, 0.29) is 12.3 Å². The number of carbonyl (C=O) groups excluding carboxylic acids is 2. The highest BCUT2D eigenvalue weighted by Gasteiger charge is 2.21. The molecule has 25 heavy (non-hydrogen) atoms. The summed E-state index contributed by atoms with van der Waals surface area (Å²) in [5.74, 6) is -0.607. The highest BCUT2D eigenvalue weighted by atomic mass is 32.1. The zero-order chi connectivity index (χ0) is 17.4. The quantitative estimate of drug-likeness (QED) is 0.740. The van der Waals surface area contributed by atoms with Crippen LogP contribution in [0.5, 0.6) is 0 Å². The molecule has 2 amide bonds. The molecule has 126 valence electrons. The monoisotopic (exact) mass is 369 g/mol. The largest absolute Gasteiger partial charge is 0.369 e.